The first-order valence-corrected chi connectivity index (χ1v) is 9.03. The Balaban J connectivity index is 2.40. The lowest BCUT2D eigenvalue weighted by atomic mass is 10.2. The average molecular weight is 397 g/mol. The fourth-order valence-corrected chi connectivity index (χ4v) is 3.45. The van der Waals surface area contributed by atoms with Gasteiger partial charge < -0.3 is 14.5 Å². The van der Waals surface area contributed by atoms with Crippen molar-refractivity contribution < 1.29 is 31.2 Å². The minimum absolute atomic E-state index is 0.0585. The Hall–Kier alpha value is -1.92. The highest BCUT2D eigenvalue weighted by Crippen LogP contribution is 2.36. The van der Waals surface area contributed by atoms with E-state index in [1.54, 1.807) is 4.90 Å². The number of benzene rings is 1. The van der Waals surface area contributed by atoms with E-state index in [2.05, 4.69) is 0 Å². The van der Waals surface area contributed by atoms with E-state index in [4.69, 9.17) is 4.74 Å². The Kier molecular flexibility index (Phi) is 5.78. The highest BCUT2D eigenvalue weighted by atomic mass is 32.2. The minimum atomic E-state index is -5.66. The molecule has 0 amide bonds. The lowest BCUT2D eigenvalue weighted by molar-refractivity contribution is -0.384. The van der Waals surface area contributed by atoms with Crippen LogP contribution >= 0.6 is 0 Å². The number of ether oxygens (including phenoxy) is 1. The number of rotatable bonds is 5. The van der Waals surface area contributed by atoms with Gasteiger partial charge in [-0.15, -0.1) is 0 Å². The molecule has 1 saturated heterocycles. The number of morpholine rings is 1. The van der Waals surface area contributed by atoms with Gasteiger partial charge in [-0.2, -0.15) is 13.2 Å². The van der Waals surface area contributed by atoms with E-state index < -0.39 is 30.9 Å². The molecular formula is C14H18F3N3O5S. The van der Waals surface area contributed by atoms with Crippen molar-refractivity contribution in [2.45, 2.75) is 16.5 Å². The molecule has 2 rings (SSSR count). The van der Waals surface area contributed by atoms with Crippen molar-refractivity contribution in [3.63, 3.8) is 0 Å². The quantitative estimate of drug-likeness (QED) is 0.551. The standard InChI is InChI=1S/C14H18F3N3O5S/c1-18(2)8-10-9-19(5-6-25-10)12-4-3-11(7-13(12)20(21)22)26(23,24)14(15,16)17/h3-4,7,10H,5-6,8-9H2,1-2H3. The van der Waals surface area contributed by atoms with Crippen LogP contribution in [0.15, 0.2) is 23.1 Å². The Morgan fingerprint density at radius 2 is 2.04 bits per heavy atom. The summed E-state index contributed by atoms with van der Waals surface area (Å²) in [5, 5.41) is 11.3. The molecule has 1 heterocycles. The first kappa shape index (κ1) is 20.4. The molecule has 1 aromatic carbocycles. The number of likely N-dealkylation sites (N-methyl/N-ethyl adjacent to an activating group) is 1. The molecule has 1 unspecified atom stereocenters. The van der Waals surface area contributed by atoms with Crippen LogP contribution in [0.1, 0.15) is 0 Å². The zero-order chi connectivity index (χ0) is 19.7. The number of anilines is 1. The molecule has 1 aromatic rings. The van der Waals surface area contributed by atoms with Gasteiger partial charge in [-0.3, -0.25) is 10.1 Å². The molecule has 0 radical (unpaired) electrons. The lowest BCUT2D eigenvalue weighted by Crippen LogP contribution is -2.46. The number of nitro groups is 1. The lowest BCUT2D eigenvalue weighted by Gasteiger charge is -2.35. The molecule has 0 aliphatic carbocycles. The van der Waals surface area contributed by atoms with Gasteiger partial charge in [0.1, 0.15) is 5.69 Å². The van der Waals surface area contributed by atoms with Crippen LogP contribution in [0.2, 0.25) is 0 Å². The first-order valence-electron chi connectivity index (χ1n) is 7.54. The van der Waals surface area contributed by atoms with Crippen LogP contribution < -0.4 is 4.90 Å². The van der Waals surface area contributed by atoms with Crippen LogP contribution in [-0.2, 0) is 14.6 Å². The number of halogens is 3. The number of sulfone groups is 1. The molecular weight excluding hydrogens is 379 g/mol. The van der Waals surface area contributed by atoms with Gasteiger partial charge in [-0.25, -0.2) is 8.42 Å². The predicted molar refractivity (Wildman–Crippen MR) is 86.8 cm³/mol. The monoisotopic (exact) mass is 397 g/mol. The summed E-state index contributed by atoms with van der Waals surface area (Å²) in [5.74, 6) is 0. The summed E-state index contributed by atoms with van der Waals surface area (Å²) >= 11 is 0. The van der Waals surface area contributed by atoms with Gasteiger partial charge in [-0.1, -0.05) is 0 Å². The molecule has 1 atom stereocenters. The van der Waals surface area contributed by atoms with E-state index in [0.717, 1.165) is 12.1 Å². The Labute approximate surface area is 148 Å². The first-order chi connectivity index (χ1) is 11.9. The summed E-state index contributed by atoms with van der Waals surface area (Å²) in [6.07, 6.45) is -0.239. The van der Waals surface area contributed by atoms with E-state index >= 15 is 0 Å². The Morgan fingerprint density at radius 3 is 2.58 bits per heavy atom. The van der Waals surface area contributed by atoms with Crippen LogP contribution in [-0.4, -0.2) is 70.2 Å². The third-order valence-corrected chi connectivity index (χ3v) is 5.29. The smallest absolute Gasteiger partial charge is 0.373 e. The van der Waals surface area contributed by atoms with Crippen LogP contribution in [0.4, 0.5) is 24.5 Å². The second kappa shape index (κ2) is 7.37. The van der Waals surface area contributed by atoms with E-state index in [1.807, 2.05) is 19.0 Å². The van der Waals surface area contributed by atoms with Gasteiger partial charge in [-0.05, 0) is 26.2 Å². The van der Waals surface area contributed by atoms with Gasteiger partial charge in [0.05, 0.1) is 22.5 Å². The van der Waals surface area contributed by atoms with Crippen molar-refractivity contribution in [2.75, 3.05) is 45.2 Å². The summed E-state index contributed by atoms with van der Waals surface area (Å²) in [4.78, 5) is 12.8. The second-order valence-electron chi connectivity index (χ2n) is 6.06. The van der Waals surface area contributed by atoms with E-state index in [1.165, 1.54) is 0 Å². The van der Waals surface area contributed by atoms with Crippen LogP contribution in [0, 0.1) is 10.1 Å². The largest absolute Gasteiger partial charge is 0.501 e. The average Bonchev–Trinajstić information content (AvgIpc) is 2.52. The topological polar surface area (TPSA) is 93.0 Å². The summed E-state index contributed by atoms with van der Waals surface area (Å²) in [6, 6.07) is 2.23. The maximum absolute atomic E-state index is 12.7. The molecule has 0 spiro atoms. The van der Waals surface area contributed by atoms with Crippen molar-refractivity contribution in [3.8, 4) is 0 Å². The Morgan fingerprint density at radius 1 is 1.38 bits per heavy atom. The number of nitrogens with zero attached hydrogens (tertiary/aromatic N) is 3. The van der Waals surface area contributed by atoms with Crippen molar-refractivity contribution >= 4 is 21.2 Å². The zero-order valence-corrected chi connectivity index (χ0v) is 14.9. The zero-order valence-electron chi connectivity index (χ0n) is 14.1. The molecule has 146 valence electrons. The molecule has 26 heavy (non-hydrogen) atoms. The molecule has 1 aliphatic heterocycles. The number of hydrogen-bond acceptors (Lipinski definition) is 7. The molecule has 0 aromatic heterocycles. The molecule has 0 N–H and O–H groups in total. The maximum atomic E-state index is 12.7. The molecule has 1 fully saturated rings. The molecule has 0 bridgehead atoms. The van der Waals surface area contributed by atoms with Crippen LogP contribution in [0.25, 0.3) is 0 Å². The van der Waals surface area contributed by atoms with E-state index in [9.17, 15) is 31.7 Å². The number of hydrogen-bond donors (Lipinski definition) is 0. The number of alkyl halides is 3. The minimum Gasteiger partial charge on any atom is -0.373 e. The van der Waals surface area contributed by atoms with Crippen molar-refractivity contribution in [3.05, 3.63) is 28.3 Å². The summed E-state index contributed by atoms with van der Waals surface area (Å²) < 4.78 is 66.6. The van der Waals surface area contributed by atoms with Crippen molar-refractivity contribution in [1.29, 1.82) is 0 Å². The highest BCUT2D eigenvalue weighted by molar-refractivity contribution is 7.92. The fourth-order valence-electron chi connectivity index (χ4n) is 2.67. The second-order valence-corrected chi connectivity index (χ2v) is 8.00. The van der Waals surface area contributed by atoms with E-state index in [-0.39, 0.29) is 18.4 Å². The fraction of sp³-hybridized carbons (Fsp3) is 0.571. The predicted octanol–water partition coefficient (Wildman–Crippen LogP) is 1.66. The summed E-state index contributed by atoms with van der Waals surface area (Å²) in [5.41, 5.74) is -6.16. The van der Waals surface area contributed by atoms with E-state index in [0.29, 0.717) is 25.7 Å². The van der Waals surface area contributed by atoms with Crippen molar-refractivity contribution in [1.82, 2.24) is 4.90 Å². The molecule has 1 aliphatic rings. The number of nitro benzene ring substituents is 1. The molecule has 0 saturated carbocycles. The van der Waals surface area contributed by atoms with Gasteiger partial charge in [0, 0.05) is 25.7 Å². The van der Waals surface area contributed by atoms with Gasteiger partial charge in [0.2, 0.25) is 0 Å². The van der Waals surface area contributed by atoms with Gasteiger partial charge in [0.25, 0.3) is 15.5 Å². The molecule has 8 nitrogen and oxygen atoms in total. The summed E-state index contributed by atoms with van der Waals surface area (Å²) in [6.45, 7) is 1.45. The Bertz CT molecular complexity index is 783. The maximum Gasteiger partial charge on any atom is 0.501 e. The summed E-state index contributed by atoms with van der Waals surface area (Å²) in [7, 11) is -1.99. The molecule has 12 heteroatoms. The van der Waals surface area contributed by atoms with Gasteiger partial charge in [0.15, 0.2) is 0 Å². The van der Waals surface area contributed by atoms with Crippen molar-refractivity contribution in [2.24, 2.45) is 0 Å². The van der Waals surface area contributed by atoms with Crippen LogP contribution in [0.3, 0.4) is 0 Å². The third kappa shape index (κ3) is 4.24. The van der Waals surface area contributed by atoms with Crippen LogP contribution in [0.5, 0.6) is 0 Å². The third-order valence-electron chi connectivity index (χ3n) is 3.81. The normalized spacial score (nSPS) is 19.0. The van der Waals surface area contributed by atoms with Gasteiger partial charge >= 0.3 is 5.51 Å². The highest BCUT2D eigenvalue weighted by Gasteiger charge is 2.47. The SMILES string of the molecule is CN(C)CC1CN(c2ccc(S(=O)(=O)C(F)(F)F)cc2[N+](=O)[O-])CCO1.